The highest BCUT2D eigenvalue weighted by Gasteiger charge is 2.22. The van der Waals surface area contributed by atoms with E-state index in [0.29, 0.717) is 11.4 Å². The average Bonchev–Trinajstić information content (AvgIpc) is 3.89. The predicted molar refractivity (Wildman–Crippen MR) is 270 cm³/mol. The Morgan fingerprint density at radius 1 is 0.279 bits per heavy atom. The minimum Gasteiger partial charge on any atom is -0.309 e. The molecule has 0 aliphatic heterocycles. The highest BCUT2D eigenvalue weighted by atomic mass is 19.1. The van der Waals surface area contributed by atoms with Crippen molar-refractivity contribution >= 4 is 77.7 Å². The van der Waals surface area contributed by atoms with Gasteiger partial charge in [0.1, 0.15) is 23.3 Å². The molecule has 0 aliphatic rings. The molecule has 326 valence electrons. The van der Waals surface area contributed by atoms with Crippen molar-refractivity contribution in [3.8, 4) is 22.5 Å². The molecular weight excluding hydrogens is 853 g/mol. The van der Waals surface area contributed by atoms with Crippen LogP contribution in [0.2, 0.25) is 0 Å². The van der Waals surface area contributed by atoms with Gasteiger partial charge in [0.25, 0.3) is 0 Å². The van der Waals surface area contributed by atoms with Crippen LogP contribution in [0.3, 0.4) is 0 Å². The summed E-state index contributed by atoms with van der Waals surface area (Å²) in [4.78, 5) is 3.84. The monoisotopic (exact) mass is 890 g/mol. The second-order valence-corrected chi connectivity index (χ2v) is 16.7. The smallest absolute Gasteiger partial charge is 0.147 e. The molecule has 0 spiro atoms. The van der Waals surface area contributed by atoms with Gasteiger partial charge < -0.3 is 18.9 Å². The van der Waals surface area contributed by atoms with Crippen LogP contribution in [-0.4, -0.2) is 9.13 Å². The summed E-state index contributed by atoms with van der Waals surface area (Å²) in [6.45, 7) is 0. The molecule has 0 radical (unpaired) electrons. The zero-order chi connectivity index (χ0) is 45.9. The first-order valence-electron chi connectivity index (χ1n) is 22.3. The summed E-state index contributed by atoms with van der Waals surface area (Å²) >= 11 is 0. The van der Waals surface area contributed by atoms with Gasteiger partial charge in [0.15, 0.2) is 0 Å². The zero-order valence-corrected chi connectivity index (χ0v) is 36.2. The van der Waals surface area contributed by atoms with Gasteiger partial charge in [-0.3, -0.25) is 0 Å². The number of benzene rings is 10. The van der Waals surface area contributed by atoms with Crippen molar-refractivity contribution in [1.29, 1.82) is 0 Å². The van der Waals surface area contributed by atoms with Crippen LogP contribution in [0.1, 0.15) is 0 Å². The summed E-state index contributed by atoms with van der Waals surface area (Å²) in [5.41, 5.74) is 11.3. The third kappa shape index (κ3) is 6.93. The lowest BCUT2D eigenvalue weighted by atomic mass is 10.0. The minimum absolute atomic E-state index is 0.303. The van der Waals surface area contributed by atoms with E-state index >= 15 is 8.78 Å². The zero-order valence-electron chi connectivity index (χ0n) is 36.2. The number of aromatic nitrogens is 2. The Hall–Kier alpha value is -8.88. The molecule has 68 heavy (non-hydrogen) atoms. The molecule has 0 aliphatic carbocycles. The third-order valence-electron chi connectivity index (χ3n) is 12.8. The summed E-state index contributed by atoms with van der Waals surface area (Å²) in [5.74, 6) is -1.33. The van der Waals surface area contributed by atoms with Crippen LogP contribution in [0.5, 0.6) is 0 Å². The highest BCUT2D eigenvalue weighted by Crippen LogP contribution is 2.43. The van der Waals surface area contributed by atoms with Gasteiger partial charge in [-0.1, -0.05) is 84.9 Å². The van der Waals surface area contributed by atoms with Crippen molar-refractivity contribution in [3.05, 3.63) is 254 Å². The Morgan fingerprint density at radius 2 is 0.618 bits per heavy atom. The van der Waals surface area contributed by atoms with E-state index in [0.717, 1.165) is 88.9 Å². The van der Waals surface area contributed by atoms with E-state index < -0.39 is 0 Å². The molecule has 0 saturated heterocycles. The van der Waals surface area contributed by atoms with Gasteiger partial charge in [0, 0.05) is 55.7 Å². The van der Waals surface area contributed by atoms with Crippen molar-refractivity contribution in [3.63, 3.8) is 0 Å². The van der Waals surface area contributed by atoms with Crippen molar-refractivity contribution in [1.82, 2.24) is 9.13 Å². The van der Waals surface area contributed by atoms with Gasteiger partial charge >= 0.3 is 0 Å². The molecule has 12 aromatic rings. The Morgan fingerprint density at radius 3 is 1.01 bits per heavy atom. The van der Waals surface area contributed by atoms with Gasteiger partial charge in [-0.2, -0.15) is 0 Å². The van der Waals surface area contributed by atoms with E-state index in [4.69, 9.17) is 0 Å². The number of para-hydroxylation sites is 4. The standard InChI is InChI=1S/C60H38F4N4/c61-41-21-29-45(30-22-41)67-55-13-5-1-9-49(55)51-37-47(33-35-57(51)67)65(59-15-7-3-11-53(59)63)43-25-17-39(18-26-43)40-19-27-44(28-20-40)66(60-16-8-4-12-54(60)64)48-34-36-58-52(38-48)50-10-2-6-14-56(50)68(58)46-31-23-42(62)24-32-46/h1-38H. The van der Waals surface area contributed by atoms with E-state index in [1.165, 1.54) is 36.4 Å². The van der Waals surface area contributed by atoms with Crippen LogP contribution in [0, 0.1) is 23.3 Å². The maximum absolute atomic E-state index is 15.9. The van der Waals surface area contributed by atoms with Crippen LogP contribution in [0.4, 0.5) is 51.7 Å². The molecule has 12 rings (SSSR count). The average molecular weight is 891 g/mol. The Labute approximate surface area is 389 Å². The normalized spacial score (nSPS) is 11.5. The van der Waals surface area contributed by atoms with Crippen LogP contribution in [0.15, 0.2) is 231 Å². The van der Waals surface area contributed by atoms with Gasteiger partial charge in [0.05, 0.1) is 33.4 Å². The number of hydrogen-bond acceptors (Lipinski definition) is 2. The first-order chi connectivity index (χ1) is 33.4. The van der Waals surface area contributed by atoms with Gasteiger partial charge in [-0.15, -0.1) is 0 Å². The van der Waals surface area contributed by atoms with Crippen LogP contribution in [-0.2, 0) is 0 Å². The molecule has 4 nitrogen and oxygen atoms in total. The van der Waals surface area contributed by atoms with Gasteiger partial charge in [0.2, 0.25) is 0 Å². The van der Waals surface area contributed by atoms with Gasteiger partial charge in [-0.05, 0) is 157 Å². The molecule has 0 unspecified atom stereocenters. The van der Waals surface area contributed by atoms with Crippen molar-refractivity contribution in [2.24, 2.45) is 0 Å². The molecule has 2 aromatic heterocycles. The number of fused-ring (bicyclic) bond motifs is 6. The number of halogens is 4. The lowest BCUT2D eigenvalue weighted by molar-refractivity contribution is 0.627. The Balaban J connectivity index is 0.914. The molecule has 8 heteroatoms. The van der Waals surface area contributed by atoms with E-state index in [1.807, 2.05) is 131 Å². The van der Waals surface area contributed by atoms with Crippen molar-refractivity contribution in [2.75, 3.05) is 9.80 Å². The van der Waals surface area contributed by atoms with Gasteiger partial charge in [-0.25, -0.2) is 17.6 Å². The summed E-state index contributed by atoms with van der Waals surface area (Å²) in [7, 11) is 0. The number of hydrogen-bond donors (Lipinski definition) is 0. The predicted octanol–water partition coefficient (Wildman–Crippen LogP) is 17.0. The maximum atomic E-state index is 15.9. The molecule has 0 N–H and O–H groups in total. The van der Waals surface area contributed by atoms with E-state index in [-0.39, 0.29) is 23.3 Å². The second-order valence-electron chi connectivity index (χ2n) is 16.7. The first-order valence-corrected chi connectivity index (χ1v) is 22.3. The van der Waals surface area contributed by atoms with E-state index in [1.54, 1.807) is 48.5 Å². The fourth-order valence-electron chi connectivity index (χ4n) is 9.66. The fraction of sp³-hybridized carbons (Fsp3) is 0. The minimum atomic E-state index is -0.363. The topological polar surface area (TPSA) is 16.3 Å². The highest BCUT2D eigenvalue weighted by molar-refractivity contribution is 6.12. The van der Waals surface area contributed by atoms with E-state index in [2.05, 4.69) is 33.4 Å². The van der Waals surface area contributed by atoms with Crippen molar-refractivity contribution < 1.29 is 17.6 Å². The quantitative estimate of drug-likeness (QED) is 0.134. The third-order valence-corrected chi connectivity index (χ3v) is 12.8. The van der Waals surface area contributed by atoms with Crippen molar-refractivity contribution in [2.45, 2.75) is 0 Å². The molecular formula is C60H38F4N4. The van der Waals surface area contributed by atoms with Crippen LogP contribution in [0.25, 0.3) is 66.1 Å². The Bertz CT molecular complexity index is 3580. The summed E-state index contributed by atoms with van der Waals surface area (Å²) in [6.07, 6.45) is 0. The van der Waals surface area contributed by atoms with E-state index in [9.17, 15) is 8.78 Å². The lowest BCUT2D eigenvalue weighted by Gasteiger charge is -2.27. The number of rotatable bonds is 9. The molecule has 0 fully saturated rings. The number of anilines is 6. The first kappa shape index (κ1) is 40.6. The molecule has 0 bridgehead atoms. The molecule has 0 amide bonds. The second kappa shape index (κ2) is 16.5. The summed E-state index contributed by atoms with van der Waals surface area (Å²) in [6, 6.07) is 70.9. The maximum Gasteiger partial charge on any atom is 0.147 e. The summed E-state index contributed by atoms with van der Waals surface area (Å²) in [5, 5.41) is 3.98. The molecule has 0 atom stereocenters. The van der Waals surface area contributed by atoms with Crippen LogP contribution < -0.4 is 9.80 Å². The van der Waals surface area contributed by atoms with Crippen LogP contribution >= 0.6 is 0 Å². The number of nitrogens with zero attached hydrogens (tertiary/aromatic N) is 4. The molecule has 0 saturated carbocycles. The fourth-order valence-corrected chi connectivity index (χ4v) is 9.66. The molecule has 10 aromatic carbocycles. The molecule has 2 heterocycles. The Kier molecular flexibility index (Phi) is 9.87. The summed E-state index contributed by atoms with van der Waals surface area (Å²) < 4.78 is 64.0. The SMILES string of the molecule is Fc1ccc(-n2c3ccccc3c3cc(N(c4ccc(-c5ccc(N(c6ccc7c(c6)c6ccccc6n7-c6ccc(F)cc6)c6ccccc6F)cc5)cc4)c4ccccc4F)ccc32)cc1. The lowest BCUT2D eigenvalue weighted by Crippen LogP contribution is -2.12. The largest absolute Gasteiger partial charge is 0.309 e.